The zero-order valence-electron chi connectivity index (χ0n) is 10.2. The first-order valence-electron chi connectivity index (χ1n) is 5.95. The van der Waals surface area contributed by atoms with Crippen molar-refractivity contribution in [3.05, 3.63) is 51.2 Å². The van der Waals surface area contributed by atoms with Crippen molar-refractivity contribution in [3.8, 4) is 5.75 Å². The standard InChI is InChI=1S/C14H16ClNOS/c1-2-12(14-7-4-8-18-14)16-9-10-11(15)5-3-6-13(10)17/h3-8,12,16-17H,2,9H2,1H3. The summed E-state index contributed by atoms with van der Waals surface area (Å²) in [6.45, 7) is 2.71. The maximum absolute atomic E-state index is 9.79. The Kier molecular flexibility index (Phi) is 4.64. The van der Waals surface area contributed by atoms with Crippen molar-refractivity contribution in [1.82, 2.24) is 5.32 Å². The van der Waals surface area contributed by atoms with Gasteiger partial charge in [0.1, 0.15) is 5.75 Å². The third-order valence-corrected chi connectivity index (χ3v) is 4.25. The van der Waals surface area contributed by atoms with Crippen LogP contribution in [0, 0.1) is 0 Å². The lowest BCUT2D eigenvalue weighted by atomic mass is 10.1. The van der Waals surface area contributed by atoms with Crippen LogP contribution in [0.3, 0.4) is 0 Å². The lowest BCUT2D eigenvalue weighted by molar-refractivity contribution is 0.456. The Balaban J connectivity index is 2.06. The predicted molar refractivity (Wildman–Crippen MR) is 77.3 cm³/mol. The normalized spacial score (nSPS) is 12.6. The van der Waals surface area contributed by atoms with Crippen molar-refractivity contribution in [2.24, 2.45) is 0 Å². The number of nitrogens with one attached hydrogen (secondary N) is 1. The SMILES string of the molecule is CCC(NCc1c(O)cccc1Cl)c1cccs1. The van der Waals surface area contributed by atoms with Crippen molar-refractivity contribution in [1.29, 1.82) is 0 Å². The van der Waals surface area contributed by atoms with Crippen LogP contribution >= 0.6 is 22.9 Å². The highest BCUT2D eigenvalue weighted by atomic mass is 35.5. The summed E-state index contributed by atoms with van der Waals surface area (Å²) >= 11 is 7.82. The Morgan fingerprint density at radius 3 is 2.78 bits per heavy atom. The average molecular weight is 282 g/mol. The summed E-state index contributed by atoms with van der Waals surface area (Å²) in [6.07, 6.45) is 1.01. The van der Waals surface area contributed by atoms with Crippen molar-refractivity contribution in [2.45, 2.75) is 25.9 Å². The highest BCUT2D eigenvalue weighted by molar-refractivity contribution is 7.10. The third-order valence-electron chi connectivity index (χ3n) is 2.91. The number of phenolic OH excluding ortho intramolecular Hbond substituents is 1. The zero-order chi connectivity index (χ0) is 13.0. The number of halogens is 1. The molecule has 18 heavy (non-hydrogen) atoms. The molecule has 0 aliphatic heterocycles. The van der Waals surface area contributed by atoms with E-state index in [4.69, 9.17) is 11.6 Å². The first kappa shape index (κ1) is 13.4. The molecule has 0 aliphatic rings. The van der Waals surface area contributed by atoms with Crippen LogP contribution in [-0.4, -0.2) is 5.11 Å². The molecule has 2 rings (SSSR count). The number of thiophene rings is 1. The molecule has 1 unspecified atom stereocenters. The van der Waals surface area contributed by atoms with E-state index in [-0.39, 0.29) is 5.75 Å². The van der Waals surface area contributed by atoms with Gasteiger partial charge in [0.05, 0.1) is 0 Å². The monoisotopic (exact) mass is 281 g/mol. The number of aromatic hydroxyl groups is 1. The van der Waals surface area contributed by atoms with Gasteiger partial charge in [-0.15, -0.1) is 11.3 Å². The highest BCUT2D eigenvalue weighted by Crippen LogP contribution is 2.27. The van der Waals surface area contributed by atoms with Crippen LogP contribution in [0.1, 0.15) is 29.8 Å². The van der Waals surface area contributed by atoms with Gasteiger partial charge in [0.2, 0.25) is 0 Å². The van der Waals surface area contributed by atoms with Crippen molar-refractivity contribution in [2.75, 3.05) is 0 Å². The summed E-state index contributed by atoms with van der Waals surface area (Å²) in [4.78, 5) is 1.31. The van der Waals surface area contributed by atoms with Gasteiger partial charge in [-0.2, -0.15) is 0 Å². The van der Waals surface area contributed by atoms with Gasteiger partial charge in [-0.1, -0.05) is 30.7 Å². The van der Waals surface area contributed by atoms with Crippen molar-refractivity contribution in [3.63, 3.8) is 0 Å². The summed E-state index contributed by atoms with van der Waals surface area (Å²) in [5.41, 5.74) is 0.758. The van der Waals surface area contributed by atoms with Gasteiger partial charge in [-0.3, -0.25) is 0 Å². The molecule has 0 bridgehead atoms. The van der Waals surface area contributed by atoms with Crippen LogP contribution in [0.15, 0.2) is 35.7 Å². The molecule has 2 N–H and O–H groups in total. The molecule has 0 aliphatic carbocycles. The molecular weight excluding hydrogens is 266 g/mol. The van der Waals surface area contributed by atoms with Gasteiger partial charge in [0.15, 0.2) is 0 Å². The van der Waals surface area contributed by atoms with E-state index in [0.29, 0.717) is 17.6 Å². The van der Waals surface area contributed by atoms with Gasteiger partial charge < -0.3 is 10.4 Å². The Bertz CT molecular complexity index is 478. The first-order valence-corrected chi connectivity index (χ1v) is 7.21. The minimum atomic E-state index is 0.246. The molecule has 2 nitrogen and oxygen atoms in total. The molecule has 4 heteroatoms. The predicted octanol–water partition coefficient (Wildman–Crippen LogP) is 4.35. The first-order chi connectivity index (χ1) is 8.72. The molecule has 2 aromatic rings. The van der Waals surface area contributed by atoms with Crippen molar-refractivity contribution >= 4 is 22.9 Å². The molecule has 0 saturated carbocycles. The molecular formula is C14H16ClNOS. The number of phenols is 1. The van der Waals surface area contributed by atoms with Crippen LogP contribution in [-0.2, 0) is 6.54 Å². The molecule has 0 fully saturated rings. The molecule has 0 radical (unpaired) electrons. The topological polar surface area (TPSA) is 32.3 Å². The van der Waals surface area contributed by atoms with E-state index in [1.54, 1.807) is 29.5 Å². The number of benzene rings is 1. The molecule has 1 aromatic heterocycles. The molecule has 0 spiro atoms. The molecule has 1 heterocycles. The van der Waals surface area contributed by atoms with Gasteiger partial charge in [-0.05, 0) is 30.0 Å². The Morgan fingerprint density at radius 2 is 2.17 bits per heavy atom. The summed E-state index contributed by atoms with van der Waals surface area (Å²) in [6, 6.07) is 9.69. The van der Waals surface area contributed by atoms with E-state index in [2.05, 4.69) is 29.8 Å². The fourth-order valence-electron chi connectivity index (χ4n) is 1.88. The van der Waals surface area contributed by atoms with Crippen LogP contribution < -0.4 is 5.32 Å². The largest absolute Gasteiger partial charge is 0.508 e. The number of hydrogen-bond donors (Lipinski definition) is 2. The van der Waals surface area contributed by atoms with Gasteiger partial charge in [0.25, 0.3) is 0 Å². The summed E-state index contributed by atoms with van der Waals surface area (Å²) < 4.78 is 0. The molecule has 0 amide bonds. The zero-order valence-corrected chi connectivity index (χ0v) is 11.8. The maximum Gasteiger partial charge on any atom is 0.121 e. The van der Waals surface area contributed by atoms with Gasteiger partial charge in [0, 0.05) is 28.0 Å². The second kappa shape index (κ2) is 6.23. The van der Waals surface area contributed by atoms with E-state index in [1.807, 2.05) is 0 Å². The highest BCUT2D eigenvalue weighted by Gasteiger charge is 2.12. The van der Waals surface area contributed by atoms with Crippen LogP contribution in [0.4, 0.5) is 0 Å². The molecule has 96 valence electrons. The quantitative estimate of drug-likeness (QED) is 0.854. The Morgan fingerprint density at radius 1 is 1.33 bits per heavy atom. The second-order valence-electron chi connectivity index (χ2n) is 4.09. The minimum absolute atomic E-state index is 0.246. The van der Waals surface area contributed by atoms with Crippen LogP contribution in [0.5, 0.6) is 5.75 Å². The maximum atomic E-state index is 9.79. The molecule has 1 atom stereocenters. The van der Waals surface area contributed by atoms with Crippen LogP contribution in [0.25, 0.3) is 0 Å². The molecule has 1 aromatic carbocycles. The number of rotatable bonds is 5. The lowest BCUT2D eigenvalue weighted by Crippen LogP contribution is -2.19. The fraction of sp³-hybridized carbons (Fsp3) is 0.286. The third kappa shape index (κ3) is 3.05. The Labute approximate surface area is 116 Å². The Hall–Kier alpha value is -1.03. The van der Waals surface area contributed by atoms with E-state index >= 15 is 0 Å². The lowest BCUT2D eigenvalue weighted by Gasteiger charge is -2.16. The summed E-state index contributed by atoms with van der Waals surface area (Å²) in [5.74, 6) is 0.246. The smallest absolute Gasteiger partial charge is 0.121 e. The minimum Gasteiger partial charge on any atom is -0.508 e. The number of hydrogen-bond acceptors (Lipinski definition) is 3. The van der Waals surface area contributed by atoms with E-state index in [1.165, 1.54) is 4.88 Å². The summed E-state index contributed by atoms with van der Waals surface area (Å²) in [7, 11) is 0. The summed E-state index contributed by atoms with van der Waals surface area (Å²) in [5, 5.41) is 15.9. The average Bonchev–Trinajstić information content (AvgIpc) is 2.87. The van der Waals surface area contributed by atoms with Gasteiger partial charge in [-0.25, -0.2) is 0 Å². The van der Waals surface area contributed by atoms with E-state index < -0.39 is 0 Å². The second-order valence-corrected chi connectivity index (χ2v) is 5.48. The van der Waals surface area contributed by atoms with Gasteiger partial charge >= 0.3 is 0 Å². The van der Waals surface area contributed by atoms with E-state index in [0.717, 1.165) is 12.0 Å². The molecule has 0 saturated heterocycles. The van der Waals surface area contributed by atoms with Crippen LogP contribution in [0.2, 0.25) is 5.02 Å². The fourth-order valence-corrected chi connectivity index (χ4v) is 3.01. The van der Waals surface area contributed by atoms with Crippen molar-refractivity contribution < 1.29 is 5.11 Å². The van der Waals surface area contributed by atoms with E-state index in [9.17, 15) is 5.11 Å².